The first-order valence-corrected chi connectivity index (χ1v) is 6.21. The third-order valence-corrected chi connectivity index (χ3v) is 3.67. The van der Waals surface area contributed by atoms with Crippen LogP contribution in [0.25, 0.3) is 10.7 Å². The van der Waals surface area contributed by atoms with Crippen molar-refractivity contribution in [2.45, 2.75) is 20.3 Å². The average molecular weight is 255 g/mol. The zero-order chi connectivity index (χ0) is 11.7. The van der Waals surface area contributed by atoms with Crippen molar-refractivity contribution >= 4 is 22.9 Å². The number of aromatic amines is 1. The van der Waals surface area contributed by atoms with E-state index in [-0.39, 0.29) is 5.56 Å². The molecule has 84 valence electrons. The summed E-state index contributed by atoms with van der Waals surface area (Å²) in [7, 11) is 0. The van der Waals surface area contributed by atoms with Crippen LogP contribution in [0.15, 0.2) is 16.2 Å². The Morgan fingerprint density at radius 2 is 2.31 bits per heavy atom. The Morgan fingerprint density at radius 1 is 1.56 bits per heavy atom. The van der Waals surface area contributed by atoms with Gasteiger partial charge in [-0.15, -0.1) is 11.3 Å². The van der Waals surface area contributed by atoms with E-state index in [4.69, 9.17) is 11.6 Å². The maximum atomic E-state index is 11.7. The molecular formula is C11H11ClN2OS. The maximum absolute atomic E-state index is 11.7. The second-order valence-corrected chi connectivity index (χ2v) is 4.82. The number of aryl methyl sites for hydroxylation is 1. The molecule has 16 heavy (non-hydrogen) atoms. The first-order chi connectivity index (χ1) is 7.61. The van der Waals surface area contributed by atoms with Crippen LogP contribution in [0.4, 0.5) is 0 Å². The highest BCUT2D eigenvalue weighted by atomic mass is 35.5. The molecule has 0 saturated carbocycles. The van der Waals surface area contributed by atoms with Gasteiger partial charge < -0.3 is 4.98 Å². The average Bonchev–Trinajstić information content (AvgIpc) is 2.69. The van der Waals surface area contributed by atoms with Crippen molar-refractivity contribution in [1.29, 1.82) is 0 Å². The molecule has 2 aromatic heterocycles. The fourth-order valence-electron chi connectivity index (χ4n) is 1.48. The molecule has 0 aliphatic rings. The number of halogens is 1. The lowest BCUT2D eigenvalue weighted by molar-refractivity contribution is 0.957. The largest absolute Gasteiger partial charge is 0.306 e. The predicted molar refractivity (Wildman–Crippen MR) is 67.3 cm³/mol. The molecule has 0 spiro atoms. The van der Waals surface area contributed by atoms with Gasteiger partial charge in [0.05, 0.1) is 15.6 Å². The highest BCUT2D eigenvalue weighted by Gasteiger charge is 2.09. The number of aromatic nitrogens is 2. The third-order valence-electron chi connectivity index (χ3n) is 2.39. The summed E-state index contributed by atoms with van der Waals surface area (Å²) in [6.45, 7) is 3.77. The standard InChI is InChI=1S/C11H11ClN2OS/c1-3-8-6(2)11(15)14-10(13-8)9-4-7(12)5-16-9/h4-5H,3H2,1-2H3,(H,13,14,15). The summed E-state index contributed by atoms with van der Waals surface area (Å²) in [6, 6.07) is 1.80. The molecule has 2 aromatic rings. The highest BCUT2D eigenvalue weighted by molar-refractivity contribution is 7.14. The normalized spacial score (nSPS) is 10.7. The van der Waals surface area contributed by atoms with Gasteiger partial charge in [0.2, 0.25) is 0 Å². The molecule has 3 nitrogen and oxygen atoms in total. The first-order valence-electron chi connectivity index (χ1n) is 4.96. The van der Waals surface area contributed by atoms with E-state index in [1.165, 1.54) is 11.3 Å². The summed E-state index contributed by atoms with van der Waals surface area (Å²) >= 11 is 7.32. The first kappa shape index (κ1) is 11.4. The predicted octanol–water partition coefficient (Wildman–Crippen LogP) is 3.02. The van der Waals surface area contributed by atoms with E-state index in [1.54, 1.807) is 13.0 Å². The summed E-state index contributed by atoms with van der Waals surface area (Å²) in [6.07, 6.45) is 0.752. The van der Waals surface area contributed by atoms with Crippen molar-refractivity contribution in [3.63, 3.8) is 0 Å². The molecule has 0 aromatic carbocycles. The molecule has 0 radical (unpaired) electrons. The molecule has 1 N–H and O–H groups in total. The SMILES string of the molecule is CCc1nc(-c2cc(Cl)cs2)[nH]c(=O)c1C. The number of hydrogen-bond donors (Lipinski definition) is 1. The Kier molecular flexibility index (Phi) is 3.12. The van der Waals surface area contributed by atoms with Crippen molar-refractivity contribution in [1.82, 2.24) is 9.97 Å². The number of hydrogen-bond acceptors (Lipinski definition) is 3. The lowest BCUT2D eigenvalue weighted by Crippen LogP contribution is -2.15. The molecule has 0 aliphatic carbocycles. The van der Waals surface area contributed by atoms with Crippen molar-refractivity contribution in [3.8, 4) is 10.7 Å². The third kappa shape index (κ3) is 2.03. The van der Waals surface area contributed by atoms with Gasteiger partial charge in [-0.25, -0.2) is 4.98 Å². The van der Waals surface area contributed by atoms with Gasteiger partial charge in [0, 0.05) is 10.9 Å². The quantitative estimate of drug-likeness (QED) is 0.895. The molecular weight excluding hydrogens is 244 g/mol. The number of H-pyrrole nitrogens is 1. The van der Waals surface area contributed by atoms with Crippen LogP contribution < -0.4 is 5.56 Å². The van der Waals surface area contributed by atoms with Crippen LogP contribution in [-0.4, -0.2) is 9.97 Å². The van der Waals surface area contributed by atoms with Gasteiger partial charge in [-0.05, 0) is 19.4 Å². The second-order valence-electron chi connectivity index (χ2n) is 3.47. The van der Waals surface area contributed by atoms with Gasteiger partial charge in [-0.2, -0.15) is 0 Å². The highest BCUT2D eigenvalue weighted by Crippen LogP contribution is 2.26. The molecule has 2 rings (SSSR count). The smallest absolute Gasteiger partial charge is 0.254 e. The molecule has 2 heterocycles. The fraction of sp³-hybridized carbons (Fsp3) is 0.273. The molecule has 5 heteroatoms. The van der Waals surface area contributed by atoms with E-state index in [9.17, 15) is 4.79 Å². The van der Waals surface area contributed by atoms with Crippen LogP contribution in [-0.2, 0) is 6.42 Å². The molecule has 0 fully saturated rings. The molecule has 0 atom stereocenters. The van der Waals surface area contributed by atoms with E-state index < -0.39 is 0 Å². The van der Waals surface area contributed by atoms with Crippen molar-refractivity contribution in [2.24, 2.45) is 0 Å². The topological polar surface area (TPSA) is 45.8 Å². The zero-order valence-electron chi connectivity index (χ0n) is 9.00. The molecule has 0 unspecified atom stereocenters. The van der Waals surface area contributed by atoms with Crippen LogP contribution in [0.2, 0.25) is 5.02 Å². The summed E-state index contributed by atoms with van der Waals surface area (Å²) in [5, 5.41) is 2.49. The van der Waals surface area contributed by atoms with Gasteiger partial charge in [-0.1, -0.05) is 18.5 Å². The number of thiophene rings is 1. The Hall–Kier alpha value is -1.13. The van der Waals surface area contributed by atoms with E-state index >= 15 is 0 Å². The summed E-state index contributed by atoms with van der Waals surface area (Å²) in [5.41, 5.74) is 1.45. The van der Waals surface area contributed by atoms with Crippen molar-refractivity contribution in [3.05, 3.63) is 38.1 Å². The van der Waals surface area contributed by atoms with Gasteiger partial charge in [0.15, 0.2) is 5.82 Å². The van der Waals surface area contributed by atoms with E-state index in [0.29, 0.717) is 16.4 Å². The van der Waals surface area contributed by atoms with E-state index in [2.05, 4.69) is 9.97 Å². The van der Waals surface area contributed by atoms with Crippen LogP contribution in [0.5, 0.6) is 0 Å². The molecule has 0 saturated heterocycles. The molecule has 0 bridgehead atoms. The van der Waals surface area contributed by atoms with Crippen LogP contribution in [0, 0.1) is 6.92 Å². The number of nitrogens with zero attached hydrogens (tertiary/aromatic N) is 1. The maximum Gasteiger partial charge on any atom is 0.254 e. The van der Waals surface area contributed by atoms with Crippen molar-refractivity contribution < 1.29 is 0 Å². The van der Waals surface area contributed by atoms with Gasteiger partial charge in [0.25, 0.3) is 5.56 Å². The van der Waals surface area contributed by atoms with Gasteiger partial charge >= 0.3 is 0 Å². The molecule has 0 aliphatic heterocycles. The van der Waals surface area contributed by atoms with E-state index in [0.717, 1.165) is 17.0 Å². The summed E-state index contributed by atoms with van der Waals surface area (Å²) in [5.74, 6) is 0.601. The van der Waals surface area contributed by atoms with Gasteiger partial charge in [0.1, 0.15) is 0 Å². The van der Waals surface area contributed by atoms with Crippen LogP contribution in [0.1, 0.15) is 18.2 Å². The number of nitrogens with one attached hydrogen (secondary N) is 1. The van der Waals surface area contributed by atoms with Crippen LogP contribution >= 0.6 is 22.9 Å². The summed E-state index contributed by atoms with van der Waals surface area (Å²) in [4.78, 5) is 19.8. The van der Waals surface area contributed by atoms with E-state index in [1.807, 2.05) is 12.3 Å². The minimum Gasteiger partial charge on any atom is -0.306 e. The Morgan fingerprint density at radius 3 is 2.88 bits per heavy atom. The zero-order valence-corrected chi connectivity index (χ0v) is 10.6. The Labute approximate surface area is 102 Å². The minimum atomic E-state index is -0.0774. The Balaban J connectivity index is 2.59. The molecule has 0 amide bonds. The van der Waals surface area contributed by atoms with Gasteiger partial charge in [-0.3, -0.25) is 4.79 Å². The Bertz CT molecular complexity index is 574. The monoisotopic (exact) mass is 254 g/mol. The van der Waals surface area contributed by atoms with Crippen LogP contribution in [0.3, 0.4) is 0 Å². The lowest BCUT2D eigenvalue weighted by Gasteiger charge is -2.03. The second kappa shape index (κ2) is 4.39. The fourth-order valence-corrected chi connectivity index (χ4v) is 2.50. The summed E-state index contributed by atoms with van der Waals surface area (Å²) < 4.78 is 0. The lowest BCUT2D eigenvalue weighted by atomic mass is 10.2. The minimum absolute atomic E-state index is 0.0774. The number of rotatable bonds is 2. The van der Waals surface area contributed by atoms with Crippen molar-refractivity contribution in [2.75, 3.05) is 0 Å².